The Hall–Kier alpha value is -3.08. The number of nitrogens with zero attached hydrogens (tertiary/aromatic N) is 1. The molecule has 2 aliphatic heterocycles. The van der Waals surface area contributed by atoms with Crippen molar-refractivity contribution in [3.63, 3.8) is 0 Å². The van der Waals surface area contributed by atoms with Gasteiger partial charge in [0.15, 0.2) is 0 Å². The molecular weight excluding hydrogens is 340 g/mol. The fourth-order valence-corrected chi connectivity index (χ4v) is 3.85. The number of nitrogens with one attached hydrogen (secondary N) is 1. The highest BCUT2D eigenvalue weighted by atomic mass is 16.5. The van der Waals surface area contributed by atoms with Gasteiger partial charge in [-0.15, -0.1) is 0 Å². The molecule has 1 amide bonds. The molecule has 0 aliphatic carbocycles. The fraction of sp³-hybridized carbons (Fsp3) is 0.273. The summed E-state index contributed by atoms with van der Waals surface area (Å²) < 4.78 is 4.79. The monoisotopic (exact) mass is 362 g/mol. The minimum absolute atomic E-state index is 0.128. The van der Waals surface area contributed by atoms with Crippen LogP contribution in [0.15, 0.2) is 48.5 Å². The smallest absolute Gasteiger partial charge is 0.337 e. The van der Waals surface area contributed by atoms with Crippen molar-refractivity contribution in [1.82, 2.24) is 4.90 Å². The minimum atomic E-state index is -0.413. The Morgan fingerprint density at radius 1 is 1.00 bits per heavy atom. The van der Waals surface area contributed by atoms with Crippen molar-refractivity contribution in [2.24, 2.45) is 0 Å². The number of piperidine rings is 1. The molecule has 2 heterocycles. The Morgan fingerprint density at radius 2 is 1.74 bits per heavy atom. The first-order valence-electron chi connectivity index (χ1n) is 9.28. The van der Waals surface area contributed by atoms with Gasteiger partial charge < -0.3 is 15.0 Å². The molecule has 0 unspecified atom stereocenters. The third kappa shape index (κ3) is 3.21. The maximum absolute atomic E-state index is 12.9. The molecule has 5 heteroatoms. The van der Waals surface area contributed by atoms with E-state index in [1.165, 1.54) is 13.5 Å². The van der Waals surface area contributed by atoms with Crippen LogP contribution in [-0.2, 0) is 9.53 Å². The number of likely N-dealkylation sites (tertiary alicyclic amines) is 1. The summed E-state index contributed by atoms with van der Waals surface area (Å²) in [7, 11) is 1.35. The number of hydrogen-bond donors (Lipinski definition) is 1. The Bertz CT molecular complexity index is 912. The largest absolute Gasteiger partial charge is 0.465 e. The van der Waals surface area contributed by atoms with Gasteiger partial charge in [-0.3, -0.25) is 4.79 Å². The molecule has 2 aromatic rings. The second-order valence-electron chi connectivity index (χ2n) is 6.84. The molecule has 2 aromatic carbocycles. The molecular formula is C22H22N2O3. The van der Waals surface area contributed by atoms with Crippen LogP contribution in [-0.4, -0.2) is 37.0 Å². The van der Waals surface area contributed by atoms with Crippen molar-refractivity contribution in [3.8, 4) is 0 Å². The molecule has 0 bridgehead atoms. The van der Waals surface area contributed by atoms with Crippen LogP contribution < -0.4 is 5.32 Å². The van der Waals surface area contributed by atoms with Gasteiger partial charge in [-0.05, 0) is 37.0 Å². The number of methoxy groups -OCH3 is 1. The first kappa shape index (κ1) is 17.3. The molecule has 4 rings (SSSR count). The van der Waals surface area contributed by atoms with E-state index in [9.17, 15) is 9.59 Å². The maximum atomic E-state index is 12.9. The van der Waals surface area contributed by atoms with E-state index in [-0.39, 0.29) is 5.91 Å². The van der Waals surface area contributed by atoms with Gasteiger partial charge in [-0.25, -0.2) is 4.79 Å². The van der Waals surface area contributed by atoms with Crippen LogP contribution in [0.4, 0.5) is 5.69 Å². The number of esters is 1. The lowest BCUT2D eigenvalue weighted by Crippen LogP contribution is -2.29. The van der Waals surface area contributed by atoms with Crippen LogP contribution in [0.5, 0.6) is 0 Å². The van der Waals surface area contributed by atoms with Crippen molar-refractivity contribution in [3.05, 3.63) is 65.2 Å². The van der Waals surface area contributed by atoms with Gasteiger partial charge in [0, 0.05) is 18.7 Å². The molecule has 0 aromatic heterocycles. The number of fused-ring (bicyclic) bond motifs is 1. The Kier molecular flexibility index (Phi) is 4.67. The third-order valence-electron chi connectivity index (χ3n) is 5.14. The summed E-state index contributed by atoms with van der Waals surface area (Å²) >= 11 is 0. The number of benzene rings is 2. The standard InChI is InChI=1S/C22H22N2O3/c1-27-22(26)16-10-11-17-18(14-16)23-21(25)19(17)20(15-8-4-2-5-9-15)24-12-6-3-7-13-24/h2,4-5,8-11,14H,3,6-7,12-13H2,1H3,(H,23,25)/b20-19-. The van der Waals surface area contributed by atoms with E-state index in [0.717, 1.165) is 42.8 Å². The van der Waals surface area contributed by atoms with Gasteiger partial charge in [0.1, 0.15) is 0 Å². The molecule has 138 valence electrons. The summed E-state index contributed by atoms with van der Waals surface area (Å²) in [5.41, 5.74) is 4.60. The summed E-state index contributed by atoms with van der Waals surface area (Å²) in [5, 5.41) is 2.92. The quantitative estimate of drug-likeness (QED) is 0.667. The molecule has 0 saturated carbocycles. The average Bonchev–Trinajstić information content (AvgIpc) is 3.04. The predicted molar refractivity (Wildman–Crippen MR) is 105 cm³/mol. The van der Waals surface area contributed by atoms with Crippen molar-refractivity contribution >= 4 is 28.8 Å². The second kappa shape index (κ2) is 7.27. The van der Waals surface area contributed by atoms with Gasteiger partial charge in [-0.2, -0.15) is 0 Å². The number of rotatable bonds is 3. The second-order valence-corrected chi connectivity index (χ2v) is 6.84. The van der Waals surface area contributed by atoms with Crippen molar-refractivity contribution < 1.29 is 14.3 Å². The van der Waals surface area contributed by atoms with Crippen LogP contribution in [0.25, 0.3) is 11.3 Å². The van der Waals surface area contributed by atoms with E-state index in [2.05, 4.69) is 10.2 Å². The van der Waals surface area contributed by atoms with Gasteiger partial charge in [0.05, 0.1) is 29.6 Å². The molecule has 0 spiro atoms. The lowest BCUT2D eigenvalue weighted by Gasteiger charge is -2.32. The number of carbonyl (C=O) groups is 2. The van der Waals surface area contributed by atoms with E-state index >= 15 is 0 Å². The number of carbonyl (C=O) groups excluding carboxylic acids is 2. The highest BCUT2D eigenvalue weighted by Crippen LogP contribution is 2.39. The first-order valence-corrected chi connectivity index (χ1v) is 9.28. The fourth-order valence-electron chi connectivity index (χ4n) is 3.85. The molecule has 1 fully saturated rings. The molecule has 1 saturated heterocycles. The summed E-state index contributed by atoms with van der Waals surface area (Å²) in [6, 6.07) is 15.3. The number of hydrogen-bond acceptors (Lipinski definition) is 4. The van der Waals surface area contributed by atoms with Crippen LogP contribution in [0.1, 0.15) is 40.7 Å². The van der Waals surface area contributed by atoms with E-state index in [1.807, 2.05) is 36.4 Å². The predicted octanol–water partition coefficient (Wildman–Crippen LogP) is 3.78. The summed E-state index contributed by atoms with van der Waals surface area (Å²) in [5.74, 6) is -0.541. The lowest BCUT2D eigenvalue weighted by molar-refractivity contribution is -0.110. The van der Waals surface area contributed by atoms with E-state index in [4.69, 9.17) is 4.74 Å². The zero-order chi connectivity index (χ0) is 18.8. The van der Waals surface area contributed by atoms with Crippen LogP contribution in [0.2, 0.25) is 0 Å². The highest BCUT2D eigenvalue weighted by Gasteiger charge is 2.31. The van der Waals surface area contributed by atoms with Gasteiger partial charge in [0.25, 0.3) is 5.91 Å². The van der Waals surface area contributed by atoms with Crippen molar-refractivity contribution in [1.29, 1.82) is 0 Å². The van der Waals surface area contributed by atoms with Gasteiger partial charge in [0.2, 0.25) is 0 Å². The normalized spacial score (nSPS) is 18.0. The van der Waals surface area contributed by atoms with E-state index < -0.39 is 5.97 Å². The molecule has 1 N–H and O–H groups in total. The summed E-state index contributed by atoms with van der Waals surface area (Å²) in [6.45, 7) is 1.88. The Morgan fingerprint density at radius 3 is 2.44 bits per heavy atom. The Labute approximate surface area is 158 Å². The molecule has 27 heavy (non-hydrogen) atoms. The maximum Gasteiger partial charge on any atom is 0.337 e. The Balaban J connectivity index is 1.87. The van der Waals surface area contributed by atoms with Gasteiger partial charge >= 0.3 is 5.97 Å². The third-order valence-corrected chi connectivity index (χ3v) is 5.14. The van der Waals surface area contributed by atoms with Crippen LogP contribution in [0, 0.1) is 0 Å². The highest BCUT2D eigenvalue weighted by molar-refractivity contribution is 6.36. The summed E-state index contributed by atoms with van der Waals surface area (Å²) in [4.78, 5) is 27.1. The SMILES string of the molecule is COC(=O)c1ccc2c(c1)NC(=O)/C2=C(/c1ccccc1)N1CCCCC1. The molecule has 0 atom stereocenters. The van der Waals surface area contributed by atoms with Crippen LogP contribution >= 0.6 is 0 Å². The van der Waals surface area contributed by atoms with Crippen LogP contribution in [0.3, 0.4) is 0 Å². The molecule has 5 nitrogen and oxygen atoms in total. The summed E-state index contributed by atoms with van der Waals surface area (Å²) in [6.07, 6.45) is 3.47. The lowest BCUT2D eigenvalue weighted by atomic mass is 9.97. The average molecular weight is 362 g/mol. The van der Waals surface area contributed by atoms with Crippen molar-refractivity contribution in [2.45, 2.75) is 19.3 Å². The number of ether oxygens (including phenoxy) is 1. The minimum Gasteiger partial charge on any atom is -0.465 e. The van der Waals surface area contributed by atoms with Crippen molar-refractivity contribution in [2.75, 3.05) is 25.5 Å². The molecule has 2 aliphatic rings. The van der Waals surface area contributed by atoms with E-state index in [1.54, 1.807) is 12.1 Å². The first-order chi connectivity index (χ1) is 13.2. The number of amides is 1. The zero-order valence-corrected chi connectivity index (χ0v) is 15.3. The van der Waals surface area contributed by atoms with E-state index in [0.29, 0.717) is 16.8 Å². The molecule has 0 radical (unpaired) electrons. The zero-order valence-electron chi connectivity index (χ0n) is 15.3. The topological polar surface area (TPSA) is 58.6 Å². The van der Waals surface area contributed by atoms with Gasteiger partial charge in [-0.1, -0.05) is 36.4 Å². The number of anilines is 1.